The molecule has 0 aromatic rings. The lowest BCUT2D eigenvalue weighted by Crippen LogP contribution is -2.70. The van der Waals surface area contributed by atoms with Crippen molar-refractivity contribution >= 4 is 5.97 Å². The zero-order valence-corrected chi connectivity index (χ0v) is 11.5. The fourth-order valence-corrected chi connectivity index (χ4v) is 1.30. The molecule has 16 heteroatoms. The number of carbonyl (C=O) groups excluding carboxylic acids is 1. The Labute approximate surface area is 134 Å². The van der Waals surface area contributed by atoms with Gasteiger partial charge in [0.1, 0.15) is 5.57 Å². The Morgan fingerprint density at radius 2 is 1.27 bits per heavy atom. The average molecular weight is 420 g/mol. The topological polar surface area (TPSA) is 46.5 Å². The summed E-state index contributed by atoms with van der Waals surface area (Å²) >= 11 is 0. The normalized spacial score (nSPS) is 17.7. The second kappa shape index (κ2) is 6.77. The first-order valence-electron chi connectivity index (χ1n) is 5.60. The second-order valence-electron chi connectivity index (χ2n) is 4.49. The smallest absolute Gasteiger partial charge is 0.431 e. The van der Waals surface area contributed by atoms with E-state index in [0.717, 1.165) is 0 Å². The molecule has 0 aromatic heterocycles. The van der Waals surface area contributed by atoms with Crippen LogP contribution in [0.4, 0.5) is 57.1 Å². The van der Waals surface area contributed by atoms with Gasteiger partial charge in [0, 0.05) is 0 Å². The highest BCUT2D eigenvalue weighted by Crippen LogP contribution is 2.51. The second-order valence-corrected chi connectivity index (χ2v) is 4.49. The first kappa shape index (κ1) is 24.3. The minimum absolute atomic E-state index is 1.84. The van der Waals surface area contributed by atoms with Crippen LogP contribution in [0.1, 0.15) is 0 Å². The van der Waals surface area contributed by atoms with Crippen LogP contribution in [0.25, 0.3) is 0 Å². The quantitative estimate of drug-likeness (QED) is 0.419. The lowest BCUT2D eigenvalue weighted by atomic mass is 9.90. The lowest BCUT2D eigenvalue weighted by molar-refractivity contribution is -0.401. The molecule has 2 unspecified atom stereocenters. The highest BCUT2D eigenvalue weighted by molar-refractivity contribution is 5.89. The molecule has 0 aliphatic carbocycles. The van der Waals surface area contributed by atoms with E-state index in [1.807, 2.05) is 6.58 Å². The Hall–Kier alpha value is -1.74. The van der Waals surface area contributed by atoms with Gasteiger partial charge in [-0.15, -0.1) is 0 Å². The van der Waals surface area contributed by atoms with Gasteiger partial charge in [-0.3, -0.25) is 0 Å². The summed E-state index contributed by atoms with van der Waals surface area (Å²) in [7, 11) is 0. The van der Waals surface area contributed by atoms with E-state index in [-0.39, 0.29) is 0 Å². The Balaban J connectivity index is 6.26. The minimum Gasteiger partial charge on any atom is -0.442 e. The number of rotatable bonds is 5. The maximum absolute atomic E-state index is 13.5. The molecule has 0 saturated heterocycles. The van der Waals surface area contributed by atoms with Gasteiger partial charge >= 0.3 is 30.4 Å². The molecule has 0 aliphatic heterocycles. The van der Waals surface area contributed by atoms with E-state index in [1.54, 1.807) is 0 Å². The molecule has 0 saturated carbocycles. The summed E-state index contributed by atoms with van der Waals surface area (Å²) in [6.07, 6.45) is -30.9. The number of hydrogen-bond donors (Lipinski definition) is 1. The number of hydrogen-bond acceptors (Lipinski definition) is 3. The van der Waals surface area contributed by atoms with Gasteiger partial charge in [0.2, 0.25) is 0 Å². The van der Waals surface area contributed by atoms with Crippen molar-refractivity contribution in [3.63, 3.8) is 0 Å². The van der Waals surface area contributed by atoms with Crippen molar-refractivity contribution in [3.05, 3.63) is 12.2 Å². The van der Waals surface area contributed by atoms with Crippen molar-refractivity contribution in [2.24, 2.45) is 0 Å². The summed E-state index contributed by atoms with van der Waals surface area (Å²) in [6, 6.07) is 0. The maximum Gasteiger partial charge on any atom is 0.431 e. The van der Waals surface area contributed by atoms with Gasteiger partial charge in [0.05, 0.1) is 0 Å². The lowest BCUT2D eigenvalue weighted by Gasteiger charge is -2.40. The fourth-order valence-electron chi connectivity index (χ4n) is 1.30. The molecule has 0 spiro atoms. The molecule has 26 heavy (non-hydrogen) atoms. The van der Waals surface area contributed by atoms with E-state index in [2.05, 4.69) is 4.74 Å². The van der Waals surface area contributed by atoms with E-state index in [9.17, 15) is 61.9 Å². The summed E-state index contributed by atoms with van der Waals surface area (Å²) in [5.74, 6) is -10.4. The van der Waals surface area contributed by atoms with Gasteiger partial charge in [-0.1, -0.05) is 6.58 Å². The third kappa shape index (κ3) is 4.32. The van der Waals surface area contributed by atoms with Crippen LogP contribution >= 0.6 is 0 Å². The van der Waals surface area contributed by atoms with Gasteiger partial charge in [-0.2, -0.15) is 48.3 Å². The van der Waals surface area contributed by atoms with Crippen LogP contribution in [0.3, 0.4) is 0 Å². The van der Waals surface area contributed by atoms with Crippen LogP contribution in [0, 0.1) is 0 Å². The molecule has 0 aromatic carbocycles. The Kier molecular flexibility index (Phi) is 6.32. The molecule has 0 bridgehead atoms. The van der Waals surface area contributed by atoms with Gasteiger partial charge in [-0.25, -0.2) is 13.6 Å². The van der Waals surface area contributed by atoms with Gasteiger partial charge in [0.15, 0.2) is 0 Å². The Morgan fingerprint density at radius 3 is 1.50 bits per heavy atom. The van der Waals surface area contributed by atoms with Crippen molar-refractivity contribution in [1.82, 2.24) is 0 Å². The van der Waals surface area contributed by atoms with E-state index in [4.69, 9.17) is 5.11 Å². The monoisotopic (exact) mass is 420 g/mol. The SMILES string of the molecule is C=C(C(=O)OC(C(F)(F)F)C(F)(F)C(O)(C(F)F)C(F)(F)F)C(F)(F)F. The highest BCUT2D eigenvalue weighted by Gasteiger charge is 2.81. The number of esters is 1. The summed E-state index contributed by atoms with van der Waals surface area (Å²) in [6.45, 7) is 1.84. The van der Waals surface area contributed by atoms with Gasteiger partial charge < -0.3 is 9.84 Å². The molecule has 2 atom stereocenters. The fraction of sp³-hybridized carbons (Fsp3) is 0.700. The first-order valence-corrected chi connectivity index (χ1v) is 5.60. The third-order valence-electron chi connectivity index (χ3n) is 2.70. The van der Waals surface area contributed by atoms with Crippen LogP contribution in [0.5, 0.6) is 0 Å². The third-order valence-corrected chi connectivity index (χ3v) is 2.70. The molecule has 0 fully saturated rings. The molecular formula is C10H5F13O3. The van der Waals surface area contributed by atoms with E-state index in [1.165, 1.54) is 0 Å². The van der Waals surface area contributed by atoms with Crippen molar-refractivity contribution in [3.8, 4) is 0 Å². The summed E-state index contributed by atoms with van der Waals surface area (Å²) in [5.41, 5.74) is -9.56. The van der Waals surface area contributed by atoms with Crippen molar-refractivity contribution in [2.45, 2.75) is 42.6 Å². The zero-order valence-electron chi connectivity index (χ0n) is 11.5. The standard InChI is InChI=1S/C10H5F13O3/c1-2(8(15,16)17)3(24)26-4(9(18,19)20)7(13,14)6(25,5(11)12)10(21,22)23/h4-5,25H,1H2. The van der Waals surface area contributed by atoms with Crippen LogP contribution < -0.4 is 0 Å². The number of halogens is 13. The van der Waals surface area contributed by atoms with Crippen molar-refractivity contribution in [2.75, 3.05) is 0 Å². The molecular weight excluding hydrogens is 415 g/mol. The molecule has 0 heterocycles. The van der Waals surface area contributed by atoms with Crippen LogP contribution in [-0.4, -0.2) is 53.7 Å². The van der Waals surface area contributed by atoms with Crippen molar-refractivity contribution in [1.29, 1.82) is 0 Å². The number of alkyl halides is 13. The number of carbonyl (C=O) groups is 1. The molecule has 1 N–H and O–H groups in total. The van der Waals surface area contributed by atoms with E-state index in [0.29, 0.717) is 0 Å². The zero-order chi connectivity index (χ0) is 21.5. The number of ether oxygens (including phenoxy) is 1. The van der Waals surface area contributed by atoms with Crippen molar-refractivity contribution < 1.29 is 71.7 Å². The van der Waals surface area contributed by atoms with Gasteiger partial charge in [-0.05, 0) is 0 Å². The molecule has 154 valence electrons. The predicted molar refractivity (Wildman–Crippen MR) is 53.1 cm³/mol. The minimum atomic E-state index is -7.11. The molecule has 0 aliphatic rings. The van der Waals surface area contributed by atoms with Crippen LogP contribution in [0.2, 0.25) is 0 Å². The summed E-state index contributed by atoms with van der Waals surface area (Å²) in [5, 5.41) is 8.54. The molecule has 3 nitrogen and oxygen atoms in total. The van der Waals surface area contributed by atoms with Crippen LogP contribution in [-0.2, 0) is 9.53 Å². The Bertz CT molecular complexity index is 544. The van der Waals surface area contributed by atoms with E-state index >= 15 is 0 Å². The maximum atomic E-state index is 13.5. The summed E-state index contributed by atoms with van der Waals surface area (Å²) in [4.78, 5) is 10.8. The largest absolute Gasteiger partial charge is 0.442 e. The van der Waals surface area contributed by atoms with Crippen LogP contribution in [0.15, 0.2) is 12.2 Å². The first-order chi connectivity index (χ1) is 11.1. The molecule has 0 amide bonds. The van der Waals surface area contributed by atoms with Gasteiger partial charge in [0.25, 0.3) is 18.1 Å². The average Bonchev–Trinajstić information content (AvgIpc) is 2.38. The van der Waals surface area contributed by atoms with E-state index < -0.39 is 54.1 Å². The summed E-state index contributed by atoms with van der Waals surface area (Å²) < 4.78 is 165. The number of aliphatic hydroxyl groups is 1. The molecule has 0 radical (unpaired) electrons. The predicted octanol–water partition coefficient (Wildman–Crippen LogP) is 3.77. The molecule has 0 rings (SSSR count). The highest BCUT2D eigenvalue weighted by atomic mass is 19.4. The Morgan fingerprint density at radius 1 is 0.885 bits per heavy atom.